The molecule has 0 spiro atoms. The maximum absolute atomic E-state index is 10.2. The molecule has 4 N–H and O–H groups in total. The number of nitrogen functional groups attached to an aromatic ring is 1. The van der Waals surface area contributed by atoms with Crippen LogP contribution in [0.4, 0.5) is 11.8 Å². The van der Waals surface area contributed by atoms with Gasteiger partial charge in [-0.3, -0.25) is 4.90 Å². The number of aromatic nitrogens is 3. The van der Waals surface area contributed by atoms with Gasteiger partial charge in [0.05, 0.1) is 10.9 Å². The van der Waals surface area contributed by atoms with Gasteiger partial charge in [-0.25, -0.2) is 15.0 Å². The van der Waals surface area contributed by atoms with E-state index < -0.39 is 0 Å². The monoisotopic (exact) mass is 314 g/mol. The number of nitrogens with one attached hydrogen (secondary N) is 1. The summed E-state index contributed by atoms with van der Waals surface area (Å²) in [6.45, 7) is 3.71. The van der Waals surface area contributed by atoms with Crippen LogP contribution in [0.5, 0.6) is 0 Å². The summed E-state index contributed by atoms with van der Waals surface area (Å²) in [7, 11) is 0. The van der Waals surface area contributed by atoms with Gasteiger partial charge in [-0.1, -0.05) is 0 Å². The van der Waals surface area contributed by atoms with E-state index in [-0.39, 0.29) is 12.3 Å². The summed E-state index contributed by atoms with van der Waals surface area (Å²) in [5.74, 6) is 1.54. The fourth-order valence-corrected chi connectivity index (χ4v) is 3.26. The van der Waals surface area contributed by atoms with Gasteiger partial charge in [-0.15, -0.1) is 0 Å². The standard InChI is InChI=1S/C16H22N6O/c1-9-6-18-14(17)12-7-19-16(21-13(9)12)20-11-4-5-22(8-11)15(23)10-2-3-10/h6-7,10-11,15,23H,2-5,8H2,1H3,(H2,17,18)(H,19,20,21)/t11-,15?/m0/s1. The molecule has 0 bridgehead atoms. The predicted molar refractivity (Wildman–Crippen MR) is 88.8 cm³/mol. The first kappa shape index (κ1) is 14.6. The highest BCUT2D eigenvalue weighted by Gasteiger charge is 2.37. The average molecular weight is 314 g/mol. The number of aryl methyl sites for hydroxylation is 1. The zero-order valence-electron chi connectivity index (χ0n) is 13.2. The van der Waals surface area contributed by atoms with E-state index in [9.17, 15) is 5.11 Å². The van der Waals surface area contributed by atoms with Crippen molar-refractivity contribution in [2.24, 2.45) is 5.92 Å². The van der Waals surface area contributed by atoms with Gasteiger partial charge in [-0.05, 0) is 37.7 Å². The Balaban J connectivity index is 1.49. The van der Waals surface area contributed by atoms with Crippen molar-refractivity contribution < 1.29 is 5.11 Å². The van der Waals surface area contributed by atoms with E-state index >= 15 is 0 Å². The highest BCUT2D eigenvalue weighted by Crippen LogP contribution is 2.35. The van der Waals surface area contributed by atoms with Gasteiger partial charge in [-0.2, -0.15) is 0 Å². The molecule has 7 nitrogen and oxygen atoms in total. The summed E-state index contributed by atoms with van der Waals surface area (Å²) in [6, 6.07) is 0.264. The van der Waals surface area contributed by atoms with Crippen LogP contribution in [0.25, 0.3) is 10.9 Å². The summed E-state index contributed by atoms with van der Waals surface area (Å²) < 4.78 is 0. The van der Waals surface area contributed by atoms with Gasteiger partial charge < -0.3 is 16.2 Å². The van der Waals surface area contributed by atoms with E-state index in [0.29, 0.717) is 17.7 Å². The van der Waals surface area contributed by atoms with Crippen LogP contribution < -0.4 is 11.1 Å². The molecule has 2 aromatic rings. The zero-order chi connectivity index (χ0) is 16.0. The SMILES string of the molecule is Cc1cnc(N)c2cnc(N[C@H]3CCN(C(O)C4CC4)C3)nc12. The van der Waals surface area contributed by atoms with E-state index in [1.807, 2.05) is 6.92 Å². The van der Waals surface area contributed by atoms with Crippen LogP contribution in [0.1, 0.15) is 24.8 Å². The van der Waals surface area contributed by atoms with Gasteiger partial charge in [0.2, 0.25) is 5.95 Å². The second-order valence-electron chi connectivity index (χ2n) is 6.66. The second-order valence-corrected chi connectivity index (χ2v) is 6.66. The largest absolute Gasteiger partial charge is 0.383 e. The molecule has 1 unspecified atom stereocenters. The Morgan fingerprint density at radius 2 is 2.13 bits per heavy atom. The topological polar surface area (TPSA) is 100 Å². The molecule has 1 saturated heterocycles. The Kier molecular flexibility index (Phi) is 3.54. The lowest BCUT2D eigenvalue weighted by molar-refractivity contribution is 0.00239. The van der Waals surface area contributed by atoms with Crippen molar-refractivity contribution in [1.29, 1.82) is 0 Å². The number of hydrogen-bond donors (Lipinski definition) is 3. The van der Waals surface area contributed by atoms with Crippen LogP contribution in [-0.2, 0) is 0 Å². The highest BCUT2D eigenvalue weighted by molar-refractivity contribution is 5.89. The van der Waals surface area contributed by atoms with Crippen LogP contribution in [0.3, 0.4) is 0 Å². The molecule has 0 aromatic carbocycles. The van der Waals surface area contributed by atoms with Crippen LogP contribution in [0.15, 0.2) is 12.4 Å². The van der Waals surface area contributed by atoms with Crippen molar-refractivity contribution in [1.82, 2.24) is 19.9 Å². The number of fused-ring (bicyclic) bond motifs is 1. The first-order valence-electron chi connectivity index (χ1n) is 8.18. The zero-order valence-corrected chi connectivity index (χ0v) is 13.2. The van der Waals surface area contributed by atoms with Crippen LogP contribution in [0, 0.1) is 12.8 Å². The molecule has 122 valence electrons. The van der Waals surface area contributed by atoms with E-state index in [1.165, 1.54) is 0 Å². The van der Waals surface area contributed by atoms with Crippen molar-refractivity contribution in [2.45, 2.75) is 38.5 Å². The lowest BCUT2D eigenvalue weighted by atomic mass is 10.2. The number of likely N-dealkylation sites (tertiary alicyclic amines) is 1. The Labute approximate surface area is 134 Å². The van der Waals surface area contributed by atoms with Gasteiger partial charge in [0.25, 0.3) is 0 Å². The molecule has 7 heteroatoms. The van der Waals surface area contributed by atoms with E-state index in [4.69, 9.17) is 5.73 Å². The first-order valence-corrected chi connectivity index (χ1v) is 8.18. The molecule has 4 rings (SSSR count). The maximum atomic E-state index is 10.2. The molecular formula is C16H22N6O. The minimum absolute atomic E-state index is 0.264. The van der Waals surface area contributed by atoms with Gasteiger partial charge in [0, 0.05) is 31.5 Å². The number of hydrogen-bond acceptors (Lipinski definition) is 7. The molecule has 2 aliphatic rings. The summed E-state index contributed by atoms with van der Waals surface area (Å²) in [5.41, 5.74) is 7.70. The minimum Gasteiger partial charge on any atom is -0.383 e. The normalized spacial score (nSPS) is 23.3. The molecule has 0 radical (unpaired) electrons. The second kappa shape index (κ2) is 5.58. The van der Waals surface area contributed by atoms with Crippen molar-refractivity contribution in [2.75, 3.05) is 24.1 Å². The molecule has 23 heavy (non-hydrogen) atoms. The Hall–Kier alpha value is -1.99. The number of nitrogens with two attached hydrogens (primary N) is 1. The molecule has 2 aromatic heterocycles. The van der Waals surface area contributed by atoms with Crippen molar-refractivity contribution in [3.8, 4) is 0 Å². The van der Waals surface area contributed by atoms with Crippen LogP contribution in [-0.4, -0.2) is 50.3 Å². The van der Waals surface area contributed by atoms with E-state index in [0.717, 1.165) is 48.8 Å². The van der Waals surface area contributed by atoms with E-state index in [1.54, 1.807) is 12.4 Å². The summed E-state index contributed by atoms with van der Waals surface area (Å²) in [5, 5.41) is 14.4. The molecule has 1 aliphatic carbocycles. The Morgan fingerprint density at radius 3 is 2.91 bits per heavy atom. The lowest BCUT2D eigenvalue weighted by Crippen LogP contribution is -2.36. The fourth-order valence-electron chi connectivity index (χ4n) is 3.26. The van der Waals surface area contributed by atoms with Crippen LogP contribution >= 0.6 is 0 Å². The molecule has 2 atom stereocenters. The quantitative estimate of drug-likeness (QED) is 0.777. The summed E-state index contributed by atoms with van der Waals surface area (Å²) in [4.78, 5) is 15.3. The fraction of sp³-hybridized carbons (Fsp3) is 0.562. The Morgan fingerprint density at radius 1 is 1.30 bits per heavy atom. The molecule has 1 saturated carbocycles. The number of anilines is 2. The van der Waals surface area contributed by atoms with Gasteiger partial charge >= 0.3 is 0 Å². The number of pyridine rings is 1. The molecule has 0 amide bonds. The van der Waals surface area contributed by atoms with Crippen molar-refractivity contribution in [3.63, 3.8) is 0 Å². The predicted octanol–water partition coefficient (Wildman–Crippen LogP) is 1.13. The summed E-state index contributed by atoms with van der Waals surface area (Å²) in [6.07, 6.45) is 6.47. The number of aliphatic hydroxyl groups is 1. The van der Waals surface area contributed by atoms with Gasteiger partial charge in [0.1, 0.15) is 12.0 Å². The number of rotatable bonds is 4. The number of aliphatic hydroxyl groups excluding tert-OH is 1. The first-order chi connectivity index (χ1) is 11.1. The molecule has 3 heterocycles. The van der Waals surface area contributed by atoms with E-state index in [2.05, 4.69) is 25.2 Å². The molecule has 2 fully saturated rings. The Bertz CT molecular complexity index is 732. The van der Waals surface area contributed by atoms with Crippen molar-refractivity contribution in [3.05, 3.63) is 18.0 Å². The third-order valence-corrected chi connectivity index (χ3v) is 4.81. The highest BCUT2D eigenvalue weighted by atomic mass is 16.3. The smallest absolute Gasteiger partial charge is 0.223 e. The van der Waals surface area contributed by atoms with Crippen LogP contribution in [0.2, 0.25) is 0 Å². The van der Waals surface area contributed by atoms with Crippen molar-refractivity contribution >= 4 is 22.7 Å². The minimum atomic E-state index is -0.285. The molecule has 1 aliphatic heterocycles. The lowest BCUT2D eigenvalue weighted by Gasteiger charge is -2.22. The maximum Gasteiger partial charge on any atom is 0.223 e. The third-order valence-electron chi connectivity index (χ3n) is 4.81. The molecular weight excluding hydrogens is 292 g/mol. The number of nitrogens with zero attached hydrogens (tertiary/aromatic N) is 4. The van der Waals surface area contributed by atoms with Gasteiger partial charge in [0.15, 0.2) is 0 Å². The third kappa shape index (κ3) is 2.82. The summed E-state index contributed by atoms with van der Waals surface area (Å²) >= 11 is 0. The average Bonchev–Trinajstić information content (AvgIpc) is 3.30.